The number of anilines is 1. The average molecular weight is 259 g/mol. The van der Waals surface area contributed by atoms with Crippen LogP contribution in [0.5, 0.6) is 5.75 Å². The molecular weight excluding hydrogens is 242 g/mol. The molecule has 2 N–H and O–H groups in total. The minimum absolute atomic E-state index is 0.142. The van der Waals surface area contributed by atoms with Crippen molar-refractivity contribution in [3.8, 4) is 5.75 Å². The minimum Gasteiger partial charge on any atom is -0.508 e. The van der Waals surface area contributed by atoms with Gasteiger partial charge in [-0.15, -0.1) is 0 Å². The highest BCUT2D eigenvalue weighted by molar-refractivity contribution is 5.94. The first-order valence-corrected chi connectivity index (χ1v) is 6.09. The second kappa shape index (κ2) is 5.14. The lowest BCUT2D eigenvalue weighted by Crippen LogP contribution is -2.24. The number of nitrogens with zero attached hydrogens (tertiary/aromatic N) is 2. The van der Waals surface area contributed by atoms with Gasteiger partial charge in [0.25, 0.3) is 0 Å². The molecule has 0 aliphatic heterocycles. The number of carbonyl (C=O) groups excluding carboxylic acids is 1. The highest BCUT2D eigenvalue weighted by atomic mass is 16.3. The number of aromatic nitrogens is 2. The monoisotopic (exact) mass is 259 g/mol. The molecule has 2 rings (SSSR count). The van der Waals surface area contributed by atoms with Gasteiger partial charge in [0, 0.05) is 18.1 Å². The Morgan fingerprint density at radius 1 is 1.37 bits per heavy atom. The van der Waals surface area contributed by atoms with Crippen LogP contribution in [0.25, 0.3) is 0 Å². The van der Waals surface area contributed by atoms with Crippen molar-refractivity contribution in [2.24, 2.45) is 0 Å². The van der Waals surface area contributed by atoms with Crippen LogP contribution in [-0.4, -0.2) is 20.8 Å². The summed E-state index contributed by atoms with van der Waals surface area (Å²) in [5.41, 5.74) is 2.26. The third-order valence-corrected chi connectivity index (χ3v) is 3.10. The first-order valence-electron chi connectivity index (χ1n) is 6.09. The third-order valence-electron chi connectivity index (χ3n) is 3.10. The van der Waals surface area contributed by atoms with Crippen molar-refractivity contribution in [2.75, 3.05) is 5.32 Å². The second-order valence-electron chi connectivity index (χ2n) is 4.60. The zero-order valence-electron chi connectivity index (χ0n) is 11.2. The largest absolute Gasteiger partial charge is 0.508 e. The Hall–Kier alpha value is -2.30. The van der Waals surface area contributed by atoms with Crippen molar-refractivity contribution in [3.63, 3.8) is 0 Å². The molecule has 0 radical (unpaired) electrons. The van der Waals surface area contributed by atoms with Gasteiger partial charge < -0.3 is 10.4 Å². The lowest BCUT2D eigenvalue weighted by Gasteiger charge is -2.15. The number of hydrogen-bond donors (Lipinski definition) is 2. The maximum absolute atomic E-state index is 12.1. The maximum atomic E-state index is 12.1. The van der Waals surface area contributed by atoms with E-state index in [4.69, 9.17) is 0 Å². The maximum Gasteiger partial charge on any atom is 0.248 e. The van der Waals surface area contributed by atoms with Gasteiger partial charge in [0.15, 0.2) is 0 Å². The quantitative estimate of drug-likeness (QED) is 0.832. The summed E-state index contributed by atoms with van der Waals surface area (Å²) in [6.07, 6.45) is 3.39. The molecule has 100 valence electrons. The number of aryl methyl sites for hydroxylation is 2. The van der Waals surface area contributed by atoms with Gasteiger partial charge in [0.1, 0.15) is 11.8 Å². The van der Waals surface area contributed by atoms with Crippen LogP contribution >= 0.6 is 0 Å². The number of benzene rings is 1. The number of carbonyl (C=O) groups is 1. The Labute approximate surface area is 111 Å². The van der Waals surface area contributed by atoms with Gasteiger partial charge in [0.2, 0.25) is 5.91 Å². The average Bonchev–Trinajstić information content (AvgIpc) is 2.88. The molecule has 1 aromatic heterocycles. The number of nitrogens with one attached hydrogen (secondary N) is 1. The summed E-state index contributed by atoms with van der Waals surface area (Å²) in [6.45, 7) is 5.42. The summed E-state index contributed by atoms with van der Waals surface area (Å²) in [6, 6.07) is 4.80. The Morgan fingerprint density at radius 3 is 2.74 bits per heavy atom. The van der Waals surface area contributed by atoms with E-state index in [2.05, 4.69) is 10.4 Å². The Kier molecular flexibility index (Phi) is 3.55. The van der Waals surface area contributed by atoms with Crippen LogP contribution < -0.4 is 5.32 Å². The van der Waals surface area contributed by atoms with Gasteiger partial charge in [0.05, 0.1) is 0 Å². The Morgan fingerprint density at radius 2 is 2.11 bits per heavy atom. The predicted molar refractivity (Wildman–Crippen MR) is 73.1 cm³/mol. The number of amides is 1. The molecular formula is C14H17N3O2. The fourth-order valence-corrected chi connectivity index (χ4v) is 1.80. The molecule has 0 fully saturated rings. The molecule has 0 saturated heterocycles. The van der Waals surface area contributed by atoms with Gasteiger partial charge >= 0.3 is 0 Å². The highest BCUT2D eigenvalue weighted by Crippen LogP contribution is 2.25. The molecule has 1 atom stereocenters. The summed E-state index contributed by atoms with van der Waals surface area (Å²) < 4.78 is 1.60. The van der Waals surface area contributed by atoms with Crippen molar-refractivity contribution < 1.29 is 9.90 Å². The molecule has 0 saturated carbocycles. The van der Waals surface area contributed by atoms with Gasteiger partial charge in [-0.1, -0.05) is 0 Å². The van der Waals surface area contributed by atoms with E-state index in [0.717, 1.165) is 11.1 Å². The Bertz CT molecular complexity index is 591. The molecule has 0 bridgehead atoms. The van der Waals surface area contributed by atoms with E-state index in [-0.39, 0.29) is 17.7 Å². The Balaban J connectivity index is 2.17. The third kappa shape index (κ3) is 2.76. The first-order chi connectivity index (χ1) is 8.99. The van der Waals surface area contributed by atoms with Crippen molar-refractivity contribution in [1.29, 1.82) is 0 Å². The van der Waals surface area contributed by atoms with E-state index in [1.165, 1.54) is 0 Å². The SMILES string of the molecule is Cc1cc(NC(=O)C(C)n2cccn2)c(C)cc1O. The summed E-state index contributed by atoms with van der Waals surface area (Å²) >= 11 is 0. The van der Waals surface area contributed by atoms with Crippen LogP contribution in [0.2, 0.25) is 0 Å². The summed E-state index contributed by atoms with van der Waals surface area (Å²) in [7, 11) is 0. The van der Waals surface area contributed by atoms with Gasteiger partial charge in [-0.25, -0.2) is 0 Å². The lowest BCUT2D eigenvalue weighted by molar-refractivity contribution is -0.119. The smallest absolute Gasteiger partial charge is 0.248 e. The van der Waals surface area contributed by atoms with Crippen LogP contribution in [0.15, 0.2) is 30.6 Å². The number of rotatable bonds is 3. The lowest BCUT2D eigenvalue weighted by atomic mass is 10.1. The summed E-state index contributed by atoms with van der Waals surface area (Å²) in [5, 5.41) is 16.5. The number of phenols is 1. The van der Waals surface area contributed by atoms with Gasteiger partial charge in [-0.2, -0.15) is 5.10 Å². The van der Waals surface area contributed by atoms with E-state index in [1.54, 1.807) is 49.1 Å². The molecule has 0 aliphatic carbocycles. The zero-order chi connectivity index (χ0) is 14.0. The number of phenolic OH excluding ortho intramolecular Hbond substituents is 1. The predicted octanol–water partition coefficient (Wildman–Crippen LogP) is 2.41. The van der Waals surface area contributed by atoms with Crippen LogP contribution in [0, 0.1) is 13.8 Å². The highest BCUT2D eigenvalue weighted by Gasteiger charge is 2.16. The number of aromatic hydroxyl groups is 1. The van der Waals surface area contributed by atoms with E-state index < -0.39 is 0 Å². The van der Waals surface area contributed by atoms with E-state index in [1.807, 2.05) is 6.92 Å². The minimum atomic E-state index is -0.386. The molecule has 1 aromatic carbocycles. The molecule has 1 amide bonds. The van der Waals surface area contributed by atoms with E-state index in [0.29, 0.717) is 5.69 Å². The van der Waals surface area contributed by atoms with Crippen molar-refractivity contribution >= 4 is 11.6 Å². The fraction of sp³-hybridized carbons (Fsp3) is 0.286. The second-order valence-corrected chi connectivity index (χ2v) is 4.60. The first kappa shape index (κ1) is 13.1. The molecule has 1 heterocycles. The molecule has 5 nitrogen and oxygen atoms in total. The van der Waals surface area contributed by atoms with Crippen LogP contribution in [-0.2, 0) is 4.79 Å². The molecule has 0 spiro atoms. The molecule has 5 heteroatoms. The van der Waals surface area contributed by atoms with E-state index >= 15 is 0 Å². The van der Waals surface area contributed by atoms with Crippen molar-refractivity contribution in [2.45, 2.75) is 26.8 Å². The van der Waals surface area contributed by atoms with Crippen LogP contribution in [0.4, 0.5) is 5.69 Å². The fourth-order valence-electron chi connectivity index (χ4n) is 1.80. The number of hydrogen-bond acceptors (Lipinski definition) is 3. The van der Waals surface area contributed by atoms with Gasteiger partial charge in [-0.05, 0) is 50.1 Å². The molecule has 19 heavy (non-hydrogen) atoms. The zero-order valence-corrected chi connectivity index (χ0v) is 11.2. The van der Waals surface area contributed by atoms with Crippen LogP contribution in [0.3, 0.4) is 0 Å². The topological polar surface area (TPSA) is 67.2 Å². The summed E-state index contributed by atoms with van der Waals surface area (Å²) in [4.78, 5) is 12.1. The standard InChI is InChI=1S/C14H17N3O2/c1-9-8-13(18)10(2)7-12(9)16-14(19)11(3)17-6-4-5-15-17/h4-8,11,18H,1-3H3,(H,16,19). The van der Waals surface area contributed by atoms with Crippen molar-refractivity contribution in [1.82, 2.24) is 9.78 Å². The normalized spacial score (nSPS) is 12.2. The van der Waals surface area contributed by atoms with Crippen LogP contribution in [0.1, 0.15) is 24.1 Å². The molecule has 1 unspecified atom stereocenters. The van der Waals surface area contributed by atoms with Gasteiger partial charge in [-0.3, -0.25) is 9.48 Å². The summed E-state index contributed by atoms with van der Waals surface area (Å²) in [5.74, 6) is 0.0903. The molecule has 0 aliphatic rings. The van der Waals surface area contributed by atoms with Crippen molar-refractivity contribution in [3.05, 3.63) is 41.7 Å². The molecule has 2 aromatic rings. The van der Waals surface area contributed by atoms with E-state index in [9.17, 15) is 9.90 Å².